The first-order valence-electron chi connectivity index (χ1n) is 10.7. The van der Waals surface area contributed by atoms with E-state index >= 15 is 0 Å². The van der Waals surface area contributed by atoms with E-state index in [1.54, 1.807) is 18.2 Å². The fraction of sp³-hybridized carbons (Fsp3) is 0.458. The van der Waals surface area contributed by atoms with Gasteiger partial charge in [0, 0.05) is 23.0 Å². The molecule has 0 heterocycles. The molecule has 1 aliphatic rings. The van der Waals surface area contributed by atoms with Gasteiger partial charge >= 0.3 is 5.97 Å². The maximum absolute atomic E-state index is 12.4. The lowest BCUT2D eigenvalue weighted by Gasteiger charge is -2.40. The number of benzene rings is 2. The summed E-state index contributed by atoms with van der Waals surface area (Å²) in [4.78, 5) is 14.6. The number of likely N-dealkylation sites (N-methyl/N-ethyl adjacent to an activating group) is 1. The average molecular weight is 518 g/mol. The van der Waals surface area contributed by atoms with Crippen molar-refractivity contribution in [2.24, 2.45) is 0 Å². The monoisotopic (exact) mass is 516 g/mol. The second-order valence-corrected chi connectivity index (χ2v) is 10.3. The van der Waals surface area contributed by atoms with Crippen LogP contribution in [0.5, 0.6) is 0 Å². The predicted molar refractivity (Wildman–Crippen MR) is 141 cm³/mol. The first kappa shape index (κ1) is 27.1. The van der Waals surface area contributed by atoms with Crippen LogP contribution in [-0.4, -0.2) is 40.4 Å². The highest BCUT2D eigenvalue weighted by atomic mass is 35.5. The molecule has 4 nitrogen and oxygen atoms in total. The maximum Gasteiger partial charge on any atom is 0.312 e. The van der Waals surface area contributed by atoms with Crippen molar-refractivity contribution in [1.82, 2.24) is 4.90 Å². The molecule has 0 aliphatic heterocycles. The van der Waals surface area contributed by atoms with Gasteiger partial charge in [-0.3, -0.25) is 4.79 Å². The lowest BCUT2D eigenvalue weighted by molar-refractivity contribution is -0.140. The van der Waals surface area contributed by atoms with Crippen LogP contribution in [0.15, 0.2) is 42.5 Å². The molecule has 2 aromatic carbocycles. The van der Waals surface area contributed by atoms with Crippen molar-refractivity contribution in [2.45, 2.75) is 55.7 Å². The van der Waals surface area contributed by atoms with Gasteiger partial charge in [-0.25, -0.2) is 0 Å². The summed E-state index contributed by atoms with van der Waals surface area (Å²) in [7, 11) is 1.99. The number of anilines is 2. The lowest BCUT2D eigenvalue weighted by Crippen LogP contribution is -2.46. The van der Waals surface area contributed by atoms with E-state index < -0.39 is 11.9 Å². The number of rotatable bonds is 8. The molecule has 0 bridgehead atoms. The summed E-state index contributed by atoms with van der Waals surface area (Å²) in [5.41, 5.74) is 1.95. The van der Waals surface area contributed by atoms with Gasteiger partial charge in [-0.1, -0.05) is 66.7 Å². The minimum Gasteiger partial charge on any atom is -0.481 e. The largest absolute Gasteiger partial charge is 0.481 e. The van der Waals surface area contributed by atoms with Crippen LogP contribution in [0.3, 0.4) is 0 Å². The van der Waals surface area contributed by atoms with Gasteiger partial charge in [0.1, 0.15) is 0 Å². The molecule has 1 fully saturated rings. The smallest absolute Gasteiger partial charge is 0.312 e. The number of para-hydroxylation sites is 2. The Labute approximate surface area is 212 Å². The van der Waals surface area contributed by atoms with Crippen LogP contribution in [0.2, 0.25) is 10.0 Å². The van der Waals surface area contributed by atoms with Crippen LogP contribution in [0.25, 0.3) is 0 Å². The van der Waals surface area contributed by atoms with Crippen molar-refractivity contribution in [3.63, 3.8) is 0 Å². The zero-order chi connectivity index (χ0) is 22.6. The van der Waals surface area contributed by atoms with Crippen molar-refractivity contribution < 1.29 is 9.90 Å². The van der Waals surface area contributed by atoms with Crippen LogP contribution in [0.1, 0.15) is 50.5 Å². The molecule has 2 N–H and O–H groups in total. The molecule has 0 spiro atoms. The summed E-state index contributed by atoms with van der Waals surface area (Å²) in [6.45, 7) is 2.73. The number of hydrogen-bond donors (Lipinski definition) is 3. The molecule has 1 saturated carbocycles. The van der Waals surface area contributed by atoms with Gasteiger partial charge in [-0.05, 0) is 50.6 Å². The molecular weight excluding hydrogens is 487 g/mol. The van der Waals surface area contributed by atoms with Crippen molar-refractivity contribution in [2.75, 3.05) is 18.9 Å². The van der Waals surface area contributed by atoms with Crippen molar-refractivity contribution in [1.29, 1.82) is 0 Å². The molecule has 0 radical (unpaired) electrons. The van der Waals surface area contributed by atoms with Crippen molar-refractivity contribution in [3.05, 3.63) is 58.1 Å². The molecule has 3 rings (SSSR count). The molecule has 8 heteroatoms. The molecule has 2 atom stereocenters. The number of halogens is 3. The normalized spacial score (nSPS) is 17.3. The lowest BCUT2D eigenvalue weighted by atomic mass is 9.86. The van der Waals surface area contributed by atoms with E-state index in [2.05, 4.69) is 10.2 Å². The van der Waals surface area contributed by atoms with Crippen LogP contribution in [0, 0.1) is 0 Å². The number of nitrogens with zero attached hydrogens (tertiary/aromatic N) is 1. The average Bonchev–Trinajstić information content (AvgIpc) is 2.72. The molecule has 1 aliphatic carbocycles. The SMILES string of the molecule is CC(C(C(=O)O)c1ccccc1Nc1c(Cl)cccc1Cl)N(C)CC1(S)CCCCC1.Cl. The first-order chi connectivity index (χ1) is 14.7. The Kier molecular flexibility index (Phi) is 10.0. The summed E-state index contributed by atoms with van der Waals surface area (Å²) in [6, 6.07) is 12.5. The van der Waals surface area contributed by atoms with E-state index in [0.717, 1.165) is 19.4 Å². The number of thiol groups is 1. The second kappa shape index (κ2) is 11.8. The summed E-state index contributed by atoms with van der Waals surface area (Å²) >= 11 is 17.6. The van der Waals surface area contributed by atoms with Gasteiger partial charge in [-0.15, -0.1) is 12.4 Å². The summed E-state index contributed by atoms with van der Waals surface area (Å²) in [6.07, 6.45) is 5.74. The minimum absolute atomic E-state index is 0. The van der Waals surface area contributed by atoms with Crippen LogP contribution in [0.4, 0.5) is 11.4 Å². The third-order valence-electron chi connectivity index (χ3n) is 6.29. The van der Waals surface area contributed by atoms with Gasteiger partial charge in [-0.2, -0.15) is 12.6 Å². The van der Waals surface area contributed by atoms with Crippen molar-refractivity contribution >= 4 is 65.6 Å². The van der Waals surface area contributed by atoms with Gasteiger partial charge in [0.05, 0.1) is 21.7 Å². The van der Waals surface area contributed by atoms with E-state index in [9.17, 15) is 9.90 Å². The number of carboxylic acids is 1. The van der Waals surface area contributed by atoms with Gasteiger partial charge < -0.3 is 15.3 Å². The Bertz CT molecular complexity index is 902. The molecule has 0 aromatic heterocycles. The Morgan fingerprint density at radius 2 is 1.72 bits per heavy atom. The molecule has 0 saturated heterocycles. The summed E-state index contributed by atoms with van der Waals surface area (Å²) in [5, 5.41) is 14.4. The van der Waals surface area contributed by atoms with E-state index in [1.165, 1.54) is 19.3 Å². The fourth-order valence-electron chi connectivity index (χ4n) is 4.46. The topological polar surface area (TPSA) is 52.6 Å². The third-order valence-corrected chi connectivity index (χ3v) is 7.51. The fourth-order valence-corrected chi connectivity index (χ4v) is 5.50. The zero-order valence-electron chi connectivity index (χ0n) is 18.4. The quantitative estimate of drug-likeness (QED) is 0.322. The Morgan fingerprint density at radius 1 is 1.12 bits per heavy atom. The first-order valence-corrected chi connectivity index (χ1v) is 11.9. The number of aliphatic carboxylic acids is 1. The Hall–Kier alpha value is -1.11. The van der Waals surface area contributed by atoms with Crippen molar-refractivity contribution in [3.8, 4) is 0 Å². The highest BCUT2D eigenvalue weighted by molar-refractivity contribution is 7.81. The maximum atomic E-state index is 12.4. The standard InChI is InChI=1S/C24H30Cl2N2O2S.ClH/c1-16(28(2)15-24(31)13-6-3-7-14-24)21(23(29)30)17-9-4-5-12-20(17)27-22-18(25)10-8-11-19(22)26;/h4-5,8-12,16,21,27,31H,3,6-7,13-15H2,1-2H3,(H,29,30);1H. The van der Waals surface area contributed by atoms with E-state index in [1.807, 2.05) is 38.2 Å². The molecule has 176 valence electrons. The zero-order valence-corrected chi connectivity index (χ0v) is 21.6. The summed E-state index contributed by atoms with van der Waals surface area (Å²) in [5.74, 6) is -1.59. The highest BCUT2D eigenvalue weighted by Gasteiger charge is 2.36. The highest BCUT2D eigenvalue weighted by Crippen LogP contribution is 2.38. The minimum atomic E-state index is -0.865. The predicted octanol–water partition coefficient (Wildman–Crippen LogP) is 7.28. The van der Waals surface area contributed by atoms with E-state index in [-0.39, 0.29) is 23.2 Å². The number of carbonyl (C=O) groups is 1. The van der Waals surface area contributed by atoms with E-state index in [4.69, 9.17) is 35.8 Å². The second-order valence-electron chi connectivity index (χ2n) is 8.57. The molecule has 0 amide bonds. The number of nitrogens with one attached hydrogen (secondary N) is 1. The molecule has 2 aromatic rings. The van der Waals surface area contributed by atoms with Gasteiger partial charge in [0.15, 0.2) is 0 Å². The van der Waals surface area contributed by atoms with E-state index in [0.29, 0.717) is 27.0 Å². The summed E-state index contributed by atoms with van der Waals surface area (Å²) < 4.78 is -0.0623. The molecule has 2 unspecified atom stereocenters. The van der Waals surface area contributed by atoms with Crippen LogP contribution in [-0.2, 0) is 4.79 Å². The van der Waals surface area contributed by atoms with Crippen LogP contribution >= 0.6 is 48.2 Å². The third kappa shape index (κ3) is 6.48. The molecular formula is C24H31Cl3N2O2S. The Balaban J connectivity index is 0.00000363. The van der Waals surface area contributed by atoms with Gasteiger partial charge in [0.2, 0.25) is 0 Å². The van der Waals surface area contributed by atoms with Gasteiger partial charge in [0.25, 0.3) is 0 Å². The molecule has 32 heavy (non-hydrogen) atoms. The van der Waals surface area contributed by atoms with Crippen LogP contribution < -0.4 is 5.32 Å². The number of carboxylic acid groups (broad SMARTS) is 1. The number of hydrogen-bond acceptors (Lipinski definition) is 4. The Morgan fingerprint density at radius 3 is 2.31 bits per heavy atom.